The number of hydrogen-bond acceptors (Lipinski definition) is 5. The summed E-state index contributed by atoms with van der Waals surface area (Å²) >= 11 is 5.02. The Labute approximate surface area is 134 Å². The predicted molar refractivity (Wildman–Crippen MR) is 88.7 cm³/mol. The largest absolute Gasteiger partial charge is 0.496 e. The standard InChI is InChI=1S/C15H13BrN2O2S/c1-8-3-4-10(19-2)9(7-8)13-14(20-18-15(13)17)11-5-6-12(16)21-11/h3-7H,1-2H3,(H2,17,18). The van der Waals surface area contributed by atoms with Gasteiger partial charge in [0, 0.05) is 5.56 Å². The number of rotatable bonds is 3. The SMILES string of the molecule is COc1ccc(C)cc1-c1c(N)noc1-c1ccc(Br)s1. The third-order valence-electron chi connectivity index (χ3n) is 3.14. The van der Waals surface area contributed by atoms with E-state index in [0.717, 1.165) is 31.1 Å². The third kappa shape index (κ3) is 2.56. The molecule has 0 fully saturated rings. The first-order chi connectivity index (χ1) is 10.1. The number of hydrogen-bond donors (Lipinski definition) is 1. The fourth-order valence-corrected chi connectivity index (χ4v) is 3.55. The van der Waals surface area contributed by atoms with Crippen molar-refractivity contribution in [1.29, 1.82) is 0 Å². The van der Waals surface area contributed by atoms with Crippen molar-refractivity contribution in [2.75, 3.05) is 12.8 Å². The van der Waals surface area contributed by atoms with Crippen LogP contribution in [0.1, 0.15) is 5.56 Å². The van der Waals surface area contributed by atoms with Gasteiger partial charge in [0.2, 0.25) is 0 Å². The van der Waals surface area contributed by atoms with Gasteiger partial charge in [-0.15, -0.1) is 11.3 Å². The van der Waals surface area contributed by atoms with Crippen molar-refractivity contribution in [2.24, 2.45) is 0 Å². The average Bonchev–Trinajstić information content (AvgIpc) is 3.04. The number of halogens is 1. The molecule has 0 amide bonds. The molecule has 2 heterocycles. The zero-order chi connectivity index (χ0) is 15.0. The number of methoxy groups -OCH3 is 1. The van der Waals surface area contributed by atoms with Crippen LogP contribution in [0.25, 0.3) is 21.8 Å². The van der Waals surface area contributed by atoms with Crippen molar-refractivity contribution >= 4 is 33.1 Å². The maximum Gasteiger partial charge on any atom is 0.187 e. The van der Waals surface area contributed by atoms with Crippen molar-refractivity contribution < 1.29 is 9.26 Å². The number of nitrogen functional groups attached to an aromatic ring is 1. The van der Waals surface area contributed by atoms with E-state index in [1.54, 1.807) is 18.4 Å². The average molecular weight is 365 g/mol. The van der Waals surface area contributed by atoms with E-state index in [2.05, 4.69) is 21.1 Å². The molecule has 2 aromatic heterocycles. The molecule has 3 aromatic rings. The van der Waals surface area contributed by atoms with Crippen molar-refractivity contribution in [1.82, 2.24) is 5.16 Å². The summed E-state index contributed by atoms with van der Waals surface area (Å²) in [6, 6.07) is 9.88. The molecule has 108 valence electrons. The normalized spacial score (nSPS) is 10.8. The zero-order valence-electron chi connectivity index (χ0n) is 11.5. The minimum absolute atomic E-state index is 0.360. The highest BCUT2D eigenvalue weighted by Crippen LogP contribution is 2.43. The molecule has 0 aliphatic rings. The topological polar surface area (TPSA) is 61.3 Å². The van der Waals surface area contributed by atoms with E-state index in [4.69, 9.17) is 15.0 Å². The summed E-state index contributed by atoms with van der Waals surface area (Å²) in [6.07, 6.45) is 0. The number of benzene rings is 1. The molecule has 0 saturated carbocycles. The van der Waals surface area contributed by atoms with Gasteiger partial charge in [-0.25, -0.2) is 0 Å². The Bertz CT molecular complexity index is 795. The highest BCUT2D eigenvalue weighted by Gasteiger charge is 2.22. The highest BCUT2D eigenvalue weighted by molar-refractivity contribution is 9.11. The summed E-state index contributed by atoms with van der Waals surface area (Å²) in [5.41, 5.74) is 8.79. The Hall–Kier alpha value is -1.79. The molecule has 0 aliphatic carbocycles. The lowest BCUT2D eigenvalue weighted by Gasteiger charge is -2.09. The second kappa shape index (κ2) is 5.54. The summed E-state index contributed by atoms with van der Waals surface area (Å²) in [5, 5.41) is 3.92. The third-order valence-corrected chi connectivity index (χ3v) is 4.76. The Morgan fingerprint density at radius 1 is 1.29 bits per heavy atom. The predicted octanol–water partition coefficient (Wildman–Crippen LogP) is 4.73. The zero-order valence-corrected chi connectivity index (χ0v) is 13.9. The van der Waals surface area contributed by atoms with Gasteiger partial charge in [-0.2, -0.15) is 0 Å². The Balaban J connectivity index is 2.24. The van der Waals surface area contributed by atoms with Crippen molar-refractivity contribution in [3.05, 3.63) is 39.7 Å². The molecule has 0 saturated heterocycles. The molecule has 0 aliphatic heterocycles. The van der Waals surface area contributed by atoms with Gasteiger partial charge in [-0.3, -0.25) is 0 Å². The quantitative estimate of drug-likeness (QED) is 0.729. The van der Waals surface area contributed by atoms with Crippen LogP contribution in [0.3, 0.4) is 0 Å². The van der Waals surface area contributed by atoms with Gasteiger partial charge in [0.05, 0.1) is 21.3 Å². The summed E-state index contributed by atoms with van der Waals surface area (Å²) in [4.78, 5) is 0.963. The Kier molecular flexibility index (Phi) is 3.73. The Morgan fingerprint density at radius 3 is 2.76 bits per heavy atom. The minimum atomic E-state index is 0.360. The lowest BCUT2D eigenvalue weighted by atomic mass is 10.0. The van der Waals surface area contributed by atoms with Crippen LogP contribution in [0.2, 0.25) is 0 Å². The smallest absolute Gasteiger partial charge is 0.187 e. The Morgan fingerprint density at radius 2 is 2.10 bits per heavy atom. The highest BCUT2D eigenvalue weighted by atomic mass is 79.9. The van der Waals surface area contributed by atoms with Gasteiger partial charge in [0.25, 0.3) is 0 Å². The molecule has 0 spiro atoms. The van der Waals surface area contributed by atoms with Crippen LogP contribution in [-0.2, 0) is 0 Å². The number of aryl methyl sites for hydroxylation is 1. The summed E-state index contributed by atoms with van der Waals surface area (Å²) < 4.78 is 11.9. The number of nitrogens with zero attached hydrogens (tertiary/aromatic N) is 1. The van der Waals surface area contributed by atoms with Crippen LogP contribution in [0.4, 0.5) is 5.82 Å². The van der Waals surface area contributed by atoms with Gasteiger partial charge in [-0.05, 0) is 47.1 Å². The van der Waals surface area contributed by atoms with Gasteiger partial charge in [-0.1, -0.05) is 16.8 Å². The molecule has 3 rings (SSSR count). The van der Waals surface area contributed by atoms with Crippen LogP contribution in [0.15, 0.2) is 38.6 Å². The first-order valence-electron chi connectivity index (χ1n) is 6.26. The van der Waals surface area contributed by atoms with Crippen LogP contribution < -0.4 is 10.5 Å². The molecule has 0 unspecified atom stereocenters. The van der Waals surface area contributed by atoms with Crippen molar-refractivity contribution in [2.45, 2.75) is 6.92 Å². The van der Waals surface area contributed by atoms with Crippen molar-refractivity contribution in [3.63, 3.8) is 0 Å². The second-order valence-electron chi connectivity index (χ2n) is 4.58. The fourth-order valence-electron chi connectivity index (χ4n) is 2.18. The second-order valence-corrected chi connectivity index (χ2v) is 7.04. The number of nitrogens with two attached hydrogens (primary N) is 1. The van der Waals surface area contributed by atoms with Crippen molar-refractivity contribution in [3.8, 4) is 27.5 Å². The molecule has 21 heavy (non-hydrogen) atoms. The maximum atomic E-state index is 6.02. The van der Waals surface area contributed by atoms with Crippen LogP contribution >= 0.6 is 27.3 Å². The number of thiophene rings is 1. The molecule has 2 N–H and O–H groups in total. The van der Waals surface area contributed by atoms with E-state index < -0.39 is 0 Å². The minimum Gasteiger partial charge on any atom is -0.496 e. The molecule has 6 heteroatoms. The monoisotopic (exact) mass is 364 g/mol. The van der Waals surface area contributed by atoms with E-state index in [1.807, 2.05) is 37.3 Å². The molecule has 4 nitrogen and oxygen atoms in total. The van der Waals surface area contributed by atoms with E-state index in [0.29, 0.717) is 11.6 Å². The molecule has 0 atom stereocenters. The van der Waals surface area contributed by atoms with E-state index in [1.165, 1.54) is 0 Å². The number of aromatic nitrogens is 1. The lowest BCUT2D eigenvalue weighted by Crippen LogP contribution is -1.93. The number of ether oxygens (including phenoxy) is 1. The molecule has 0 radical (unpaired) electrons. The molecule has 0 bridgehead atoms. The van der Waals surface area contributed by atoms with Gasteiger partial charge in [0.15, 0.2) is 11.6 Å². The van der Waals surface area contributed by atoms with Gasteiger partial charge < -0.3 is 15.0 Å². The van der Waals surface area contributed by atoms with Crippen LogP contribution in [-0.4, -0.2) is 12.3 Å². The van der Waals surface area contributed by atoms with E-state index in [-0.39, 0.29) is 0 Å². The summed E-state index contributed by atoms with van der Waals surface area (Å²) in [7, 11) is 1.64. The fraction of sp³-hybridized carbons (Fsp3) is 0.133. The first kappa shape index (κ1) is 14.2. The van der Waals surface area contributed by atoms with Crippen LogP contribution in [0.5, 0.6) is 5.75 Å². The first-order valence-corrected chi connectivity index (χ1v) is 7.87. The van der Waals surface area contributed by atoms with Crippen LogP contribution in [0, 0.1) is 6.92 Å². The van der Waals surface area contributed by atoms with Gasteiger partial charge in [0.1, 0.15) is 5.75 Å². The van der Waals surface area contributed by atoms with E-state index >= 15 is 0 Å². The summed E-state index contributed by atoms with van der Waals surface area (Å²) in [6.45, 7) is 2.02. The molecular weight excluding hydrogens is 352 g/mol. The molecule has 1 aromatic carbocycles. The van der Waals surface area contributed by atoms with E-state index in [9.17, 15) is 0 Å². The lowest BCUT2D eigenvalue weighted by molar-refractivity contribution is 0.416. The number of anilines is 1. The van der Waals surface area contributed by atoms with Gasteiger partial charge >= 0.3 is 0 Å². The molecular formula is C15H13BrN2O2S. The summed E-state index contributed by atoms with van der Waals surface area (Å²) in [5.74, 6) is 1.76. The maximum absolute atomic E-state index is 6.02.